The summed E-state index contributed by atoms with van der Waals surface area (Å²) in [6.45, 7) is 1.83. The summed E-state index contributed by atoms with van der Waals surface area (Å²) >= 11 is 0. The van der Waals surface area contributed by atoms with Gasteiger partial charge in [-0.3, -0.25) is 10.1 Å². The van der Waals surface area contributed by atoms with Crippen molar-refractivity contribution in [3.8, 4) is 5.75 Å². The van der Waals surface area contributed by atoms with E-state index < -0.39 is 4.92 Å². The van der Waals surface area contributed by atoms with Crippen molar-refractivity contribution in [2.75, 3.05) is 25.9 Å². The lowest BCUT2D eigenvalue weighted by molar-refractivity contribution is -0.384. The third-order valence-corrected chi connectivity index (χ3v) is 2.85. The molecule has 0 aromatic heterocycles. The van der Waals surface area contributed by atoms with Crippen LogP contribution in [0.4, 0.5) is 11.4 Å². The number of hydrogen-bond donors (Lipinski definition) is 1. The molecule has 1 aromatic rings. The minimum Gasteiger partial charge on any atom is -0.489 e. The van der Waals surface area contributed by atoms with Gasteiger partial charge in [-0.1, -0.05) is 0 Å². The number of nitro groups is 1. The van der Waals surface area contributed by atoms with Crippen LogP contribution in [0.15, 0.2) is 18.2 Å². The average Bonchev–Trinajstić information content (AvgIpc) is 2.66. The number of rotatable bonds is 3. The Kier molecular flexibility index (Phi) is 3.14. The van der Waals surface area contributed by atoms with E-state index in [0.717, 1.165) is 19.5 Å². The Hall–Kier alpha value is -1.82. The molecule has 0 amide bonds. The lowest BCUT2D eigenvalue weighted by atomic mass is 10.2. The Labute approximate surface area is 99.1 Å². The summed E-state index contributed by atoms with van der Waals surface area (Å²) in [4.78, 5) is 12.4. The zero-order valence-corrected chi connectivity index (χ0v) is 9.63. The van der Waals surface area contributed by atoms with E-state index in [-0.39, 0.29) is 17.5 Å². The summed E-state index contributed by atoms with van der Waals surface area (Å²) in [6, 6.07) is 4.56. The van der Waals surface area contributed by atoms with Crippen LogP contribution in [0.1, 0.15) is 6.42 Å². The standard InChI is InChI=1S/C11H15N3O3/c1-13-5-4-9(7-13)17-8-2-3-10(12)11(6-8)14(15)16/h2-3,6,9H,4-5,7,12H2,1H3. The van der Waals surface area contributed by atoms with Crippen molar-refractivity contribution < 1.29 is 9.66 Å². The highest BCUT2D eigenvalue weighted by Crippen LogP contribution is 2.28. The molecule has 1 aromatic carbocycles. The van der Waals surface area contributed by atoms with Crippen LogP contribution in [-0.4, -0.2) is 36.1 Å². The van der Waals surface area contributed by atoms with Gasteiger partial charge in [-0.2, -0.15) is 0 Å². The molecule has 1 heterocycles. The second-order valence-electron chi connectivity index (χ2n) is 4.27. The molecular formula is C11H15N3O3. The van der Waals surface area contributed by atoms with Crippen LogP contribution in [0, 0.1) is 10.1 Å². The molecule has 1 aliphatic heterocycles. The maximum Gasteiger partial charge on any atom is 0.295 e. The molecule has 0 spiro atoms. The predicted octanol–water partition coefficient (Wildman–Crippen LogP) is 1.26. The van der Waals surface area contributed by atoms with Gasteiger partial charge in [0.15, 0.2) is 0 Å². The Morgan fingerprint density at radius 3 is 2.94 bits per heavy atom. The highest BCUT2D eigenvalue weighted by atomic mass is 16.6. The summed E-state index contributed by atoms with van der Waals surface area (Å²) < 4.78 is 5.69. The van der Waals surface area contributed by atoms with Crippen molar-refractivity contribution in [1.29, 1.82) is 0 Å². The maximum atomic E-state index is 10.7. The minimum atomic E-state index is -0.497. The van der Waals surface area contributed by atoms with Gasteiger partial charge >= 0.3 is 0 Å². The van der Waals surface area contributed by atoms with E-state index in [0.29, 0.717) is 5.75 Å². The first-order valence-corrected chi connectivity index (χ1v) is 5.45. The molecular weight excluding hydrogens is 222 g/mol. The van der Waals surface area contributed by atoms with Crippen molar-refractivity contribution >= 4 is 11.4 Å². The second kappa shape index (κ2) is 4.58. The minimum absolute atomic E-state index is 0.100. The van der Waals surface area contributed by atoms with Crippen LogP contribution in [0.3, 0.4) is 0 Å². The summed E-state index contributed by atoms with van der Waals surface area (Å²) in [5, 5.41) is 10.7. The Balaban J connectivity index is 2.11. The molecule has 1 fully saturated rings. The van der Waals surface area contributed by atoms with Crippen LogP contribution in [-0.2, 0) is 0 Å². The van der Waals surface area contributed by atoms with Gasteiger partial charge in [0.2, 0.25) is 0 Å². The number of benzene rings is 1. The van der Waals surface area contributed by atoms with Crippen molar-refractivity contribution in [3.05, 3.63) is 28.3 Å². The van der Waals surface area contributed by atoms with E-state index in [1.165, 1.54) is 12.1 Å². The number of ether oxygens (including phenoxy) is 1. The smallest absolute Gasteiger partial charge is 0.295 e. The van der Waals surface area contributed by atoms with Crippen LogP contribution < -0.4 is 10.5 Å². The first kappa shape index (κ1) is 11.7. The number of nitrogens with two attached hydrogens (primary N) is 1. The molecule has 1 unspecified atom stereocenters. The van der Waals surface area contributed by atoms with Gasteiger partial charge < -0.3 is 15.4 Å². The Morgan fingerprint density at radius 2 is 2.35 bits per heavy atom. The van der Waals surface area contributed by atoms with Crippen molar-refractivity contribution in [2.45, 2.75) is 12.5 Å². The van der Waals surface area contributed by atoms with Gasteiger partial charge in [-0.25, -0.2) is 0 Å². The van der Waals surface area contributed by atoms with Crippen LogP contribution in [0.2, 0.25) is 0 Å². The molecule has 1 atom stereocenters. The van der Waals surface area contributed by atoms with Crippen LogP contribution in [0.25, 0.3) is 0 Å². The molecule has 0 aliphatic carbocycles. The summed E-state index contributed by atoms with van der Waals surface area (Å²) in [7, 11) is 2.02. The Bertz CT molecular complexity index is 436. The zero-order chi connectivity index (χ0) is 12.4. The normalized spacial score (nSPS) is 20.4. The molecule has 0 bridgehead atoms. The largest absolute Gasteiger partial charge is 0.489 e. The van der Waals surface area contributed by atoms with Crippen molar-refractivity contribution in [3.63, 3.8) is 0 Å². The molecule has 6 heteroatoms. The first-order valence-electron chi connectivity index (χ1n) is 5.45. The van der Waals surface area contributed by atoms with Crippen LogP contribution >= 0.6 is 0 Å². The third-order valence-electron chi connectivity index (χ3n) is 2.85. The SMILES string of the molecule is CN1CCC(Oc2ccc(N)c([N+](=O)[O-])c2)C1. The number of likely N-dealkylation sites (N-methyl/N-ethyl adjacent to an activating group) is 1. The number of nitrogen functional groups attached to an aromatic ring is 1. The number of hydrogen-bond acceptors (Lipinski definition) is 5. The van der Waals surface area contributed by atoms with E-state index in [4.69, 9.17) is 10.5 Å². The summed E-state index contributed by atoms with van der Waals surface area (Å²) in [6.07, 6.45) is 1.04. The molecule has 1 aliphatic rings. The topological polar surface area (TPSA) is 81.6 Å². The van der Waals surface area contributed by atoms with Gasteiger partial charge in [0.1, 0.15) is 17.5 Å². The van der Waals surface area contributed by atoms with Gasteiger partial charge in [0.05, 0.1) is 11.0 Å². The van der Waals surface area contributed by atoms with Gasteiger partial charge in [-0.05, 0) is 25.6 Å². The number of likely N-dealkylation sites (tertiary alicyclic amines) is 1. The van der Waals surface area contributed by atoms with Crippen molar-refractivity contribution in [1.82, 2.24) is 4.90 Å². The second-order valence-corrected chi connectivity index (χ2v) is 4.27. The molecule has 0 saturated carbocycles. The first-order chi connectivity index (χ1) is 8.06. The fourth-order valence-electron chi connectivity index (χ4n) is 1.94. The maximum absolute atomic E-state index is 10.7. The van der Waals surface area contributed by atoms with Gasteiger partial charge in [0.25, 0.3) is 5.69 Å². The van der Waals surface area contributed by atoms with Gasteiger partial charge in [-0.15, -0.1) is 0 Å². The van der Waals surface area contributed by atoms with E-state index in [1.807, 2.05) is 7.05 Å². The highest BCUT2D eigenvalue weighted by molar-refractivity contribution is 5.60. The van der Waals surface area contributed by atoms with E-state index >= 15 is 0 Å². The van der Waals surface area contributed by atoms with E-state index in [2.05, 4.69) is 4.90 Å². The molecule has 6 nitrogen and oxygen atoms in total. The lowest BCUT2D eigenvalue weighted by Gasteiger charge is -2.13. The number of anilines is 1. The molecule has 0 radical (unpaired) electrons. The monoisotopic (exact) mass is 237 g/mol. The van der Waals surface area contributed by atoms with E-state index in [1.54, 1.807) is 6.07 Å². The zero-order valence-electron chi connectivity index (χ0n) is 9.63. The van der Waals surface area contributed by atoms with Crippen LogP contribution in [0.5, 0.6) is 5.75 Å². The lowest BCUT2D eigenvalue weighted by Crippen LogP contribution is -2.21. The average molecular weight is 237 g/mol. The summed E-state index contributed by atoms with van der Waals surface area (Å²) in [5.41, 5.74) is 5.57. The highest BCUT2D eigenvalue weighted by Gasteiger charge is 2.22. The number of nitrogens with zero attached hydrogens (tertiary/aromatic N) is 2. The molecule has 92 valence electrons. The summed E-state index contributed by atoms with van der Waals surface area (Å²) in [5.74, 6) is 0.506. The molecule has 2 N–H and O–H groups in total. The molecule has 17 heavy (non-hydrogen) atoms. The van der Waals surface area contributed by atoms with Crippen molar-refractivity contribution in [2.24, 2.45) is 0 Å². The quantitative estimate of drug-likeness (QED) is 0.486. The molecule has 1 saturated heterocycles. The fraction of sp³-hybridized carbons (Fsp3) is 0.455. The third kappa shape index (κ3) is 2.65. The van der Waals surface area contributed by atoms with E-state index in [9.17, 15) is 10.1 Å². The van der Waals surface area contributed by atoms with Gasteiger partial charge in [0, 0.05) is 13.1 Å². The molecule has 2 rings (SSSR count). The number of nitro benzene ring substituents is 1. The predicted molar refractivity (Wildman–Crippen MR) is 64.0 cm³/mol. The fourth-order valence-corrected chi connectivity index (χ4v) is 1.94. The Morgan fingerprint density at radius 1 is 1.59 bits per heavy atom.